The molecule has 0 radical (unpaired) electrons. The Balaban J connectivity index is 1.86. The Labute approximate surface area is 101 Å². The van der Waals surface area contributed by atoms with Gasteiger partial charge in [-0.05, 0) is 18.1 Å². The highest BCUT2D eigenvalue weighted by Gasteiger charge is 2.14. The first-order valence-electron chi connectivity index (χ1n) is 6.15. The van der Waals surface area contributed by atoms with Gasteiger partial charge in [-0.15, -0.1) is 0 Å². The Kier molecular flexibility index (Phi) is 2.69. The maximum absolute atomic E-state index is 4.69. The van der Waals surface area contributed by atoms with Gasteiger partial charge in [0, 0.05) is 25.9 Å². The van der Waals surface area contributed by atoms with Crippen molar-refractivity contribution in [1.29, 1.82) is 0 Å². The highest BCUT2D eigenvalue weighted by atomic mass is 15.0. The van der Waals surface area contributed by atoms with Crippen LogP contribution in [0.2, 0.25) is 0 Å². The third-order valence-corrected chi connectivity index (χ3v) is 3.37. The molecule has 3 rings (SSSR count). The number of nitrogens with one attached hydrogen (secondary N) is 2. The van der Waals surface area contributed by atoms with E-state index in [1.807, 2.05) is 0 Å². The summed E-state index contributed by atoms with van der Waals surface area (Å²) in [7, 11) is 0. The number of rotatable bonds is 2. The van der Waals surface area contributed by atoms with E-state index in [9.17, 15) is 0 Å². The first kappa shape index (κ1) is 10.5. The average Bonchev–Trinajstić information content (AvgIpc) is 2.74. The summed E-state index contributed by atoms with van der Waals surface area (Å²) in [5.41, 5.74) is 5.19. The molecule has 2 N–H and O–H groups in total. The topological polar surface area (TPSA) is 40.7 Å². The number of benzene rings is 1. The van der Waals surface area contributed by atoms with Crippen LogP contribution in [0, 0.1) is 6.92 Å². The number of aryl methyl sites for hydroxylation is 1. The van der Waals surface area contributed by atoms with Gasteiger partial charge in [0.15, 0.2) is 0 Å². The van der Waals surface area contributed by atoms with Crippen LogP contribution < -0.4 is 5.32 Å². The molecule has 3 nitrogen and oxygen atoms in total. The average molecular weight is 227 g/mol. The molecule has 2 heterocycles. The molecule has 0 atom stereocenters. The van der Waals surface area contributed by atoms with E-state index < -0.39 is 0 Å². The van der Waals surface area contributed by atoms with Crippen molar-refractivity contribution in [3.05, 3.63) is 52.6 Å². The van der Waals surface area contributed by atoms with Gasteiger partial charge in [-0.25, -0.2) is 4.98 Å². The van der Waals surface area contributed by atoms with Gasteiger partial charge in [0.05, 0.1) is 11.4 Å². The molecule has 0 spiro atoms. The zero-order valence-corrected chi connectivity index (χ0v) is 10.1. The third-order valence-electron chi connectivity index (χ3n) is 3.37. The lowest BCUT2D eigenvalue weighted by atomic mass is 10.1. The predicted octanol–water partition coefficient (Wildman–Crippen LogP) is 1.95. The summed E-state index contributed by atoms with van der Waals surface area (Å²) < 4.78 is 0. The van der Waals surface area contributed by atoms with Crippen LogP contribution in [-0.4, -0.2) is 16.5 Å². The summed E-state index contributed by atoms with van der Waals surface area (Å²) in [5.74, 6) is 1.09. The number of aromatic amines is 1. The van der Waals surface area contributed by atoms with Crippen molar-refractivity contribution in [3.63, 3.8) is 0 Å². The fraction of sp³-hybridized carbons (Fsp3) is 0.357. The number of imidazole rings is 1. The number of hydrogen-bond acceptors (Lipinski definition) is 2. The first-order chi connectivity index (χ1) is 8.33. The smallest absolute Gasteiger partial charge is 0.111 e. The lowest BCUT2D eigenvalue weighted by molar-refractivity contribution is 0.627. The Hall–Kier alpha value is -1.61. The van der Waals surface area contributed by atoms with E-state index in [1.165, 1.54) is 22.5 Å². The molecule has 0 saturated carbocycles. The molecule has 0 aliphatic carbocycles. The molecule has 1 aliphatic rings. The van der Waals surface area contributed by atoms with Crippen LogP contribution in [0.25, 0.3) is 0 Å². The fourth-order valence-electron chi connectivity index (χ4n) is 2.35. The van der Waals surface area contributed by atoms with Crippen molar-refractivity contribution in [1.82, 2.24) is 15.3 Å². The standard InChI is InChI=1S/C14H17N3/c1-10-4-2-3-5-11(10)8-14-16-12-6-7-15-9-13(12)17-14/h2-5,15H,6-9H2,1H3,(H,16,17). The number of nitrogens with zero attached hydrogens (tertiary/aromatic N) is 1. The van der Waals surface area contributed by atoms with Gasteiger partial charge in [-0.3, -0.25) is 0 Å². The molecule has 3 heteroatoms. The normalized spacial score (nSPS) is 14.6. The van der Waals surface area contributed by atoms with Crippen molar-refractivity contribution in [2.75, 3.05) is 6.54 Å². The predicted molar refractivity (Wildman–Crippen MR) is 68.0 cm³/mol. The van der Waals surface area contributed by atoms with E-state index in [0.29, 0.717) is 0 Å². The first-order valence-corrected chi connectivity index (χ1v) is 6.15. The molecule has 0 amide bonds. The van der Waals surface area contributed by atoms with E-state index in [4.69, 9.17) is 4.98 Å². The minimum Gasteiger partial charge on any atom is -0.344 e. The molecule has 0 unspecified atom stereocenters. The molecule has 1 aromatic carbocycles. The quantitative estimate of drug-likeness (QED) is 0.823. The SMILES string of the molecule is Cc1ccccc1Cc1nc2c([nH]1)CNCC2. The maximum atomic E-state index is 4.69. The highest BCUT2D eigenvalue weighted by molar-refractivity contribution is 5.29. The van der Waals surface area contributed by atoms with Crippen molar-refractivity contribution in [3.8, 4) is 0 Å². The van der Waals surface area contributed by atoms with Crippen LogP contribution in [0.4, 0.5) is 0 Å². The monoisotopic (exact) mass is 227 g/mol. The lowest BCUT2D eigenvalue weighted by Crippen LogP contribution is -2.23. The molecule has 2 aromatic rings. The summed E-state index contributed by atoms with van der Waals surface area (Å²) >= 11 is 0. The van der Waals surface area contributed by atoms with Gasteiger partial charge in [0.2, 0.25) is 0 Å². The van der Waals surface area contributed by atoms with Gasteiger partial charge < -0.3 is 10.3 Å². The Morgan fingerprint density at radius 3 is 3.00 bits per heavy atom. The second-order valence-electron chi connectivity index (χ2n) is 4.64. The van der Waals surface area contributed by atoms with Gasteiger partial charge in [0.25, 0.3) is 0 Å². The van der Waals surface area contributed by atoms with Crippen LogP contribution in [0.5, 0.6) is 0 Å². The second-order valence-corrected chi connectivity index (χ2v) is 4.64. The third kappa shape index (κ3) is 2.11. The minimum absolute atomic E-state index is 0.902. The van der Waals surface area contributed by atoms with Gasteiger partial charge in [0.1, 0.15) is 5.82 Å². The van der Waals surface area contributed by atoms with E-state index in [2.05, 4.69) is 41.5 Å². The van der Waals surface area contributed by atoms with E-state index in [0.717, 1.165) is 31.8 Å². The van der Waals surface area contributed by atoms with E-state index >= 15 is 0 Å². The molecule has 0 bridgehead atoms. The van der Waals surface area contributed by atoms with E-state index in [-0.39, 0.29) is 0 Å². The summed E-state index contributed by atoms with van der Waals surface area (Å²) in [6.07, 6.45) is 1.94. The Morgan fingerprint density at radius 2 is 2.18 bits per heavy atom. The fourth-order valence-corrected chi connectivity index (χ4v) is 2.35. The molecule has 1 aliphatic heterocycles. The number of fused-ring (bicyclic) bond motifs is 1. The number of aromatic nitrogens is 2. The number of H-pyrrole nitrogens is 1. The Morgan fingerprint density at radius 1 is 1.29 bits per heavy atom. The molecular weight excluding hydrogens is 210 g/mol. The summed E-state index contributed by atoms with van der Waals surface area (Å²) in [5, 5.41) is 3.36. The van der Waals surface area contributed by atoms with Crippen LogP contribution in [-0.2, 0) is 19.4 Å². The maximum Gasteiger partial charge on any atom is 0.111 e. The zero-order valence-electron chi connectivity index (χ0n) is 10.1. The molecule has 0 fully saturated rings. The van der Waals surface area contributed by atoms with Crippen molar-refractivity contribution >= 4 is 0 Å². The van der Waals surface area contributed by atoms with Crippen molar-refractivity contribution in [2.45, 2.75) is 26.3 Å². The summed E-state index contributed by atoms with van der Waals surface area (Å²) in [4.78, 5) is 8.13. The van der Waals surface area contributed by atoms with Gasteiger partial charge in [-0.1, -0.05) is 24.3 Å². The Bertz CT molecular complexity index is 505. The largest absolute Gasteiger partial charge is 0.344 e. The van der Waals surface area contributed by atoms with Crippen LogP contribution in [0.1, 0.15) is 28.3 Å². The minimum atomic E-state index is 0.902. The molecular formula is C14H17N3. The summed E-state index contributed by atoms with van der Waals surface area (Å²) in [6.45, 7) is 4.12. The van der Waals surface area contributed by atoms with Gasteiger partial charge >= 0.3 is 0 Å². The number of hydrogen-bond donors (Lipinski definition) is 2. The lowest BCUT2D eigenvalue weighted by Gasteiger charge is -2.09. The van der Waals surface area contributed by atoms with Crippen molar-refractivity contribution < 1.29 is 0 Å². The van der Waals surface area contributed by atoms with Crippen molar-refractivity contribution in [2.24, 2.45) is 0 Å². The molecule has 1 aromatic heterocycles. The molecule has 17 heavy (non-hydrogen) atoms. The second kappa shape index (κ2) is 4.34. The molecule has 0 saturated heterocycles. The zero-order chi connectivity index (χ0) is 11.7. The van der Waals surface area contributed by atoms with E-state index in [1.54, 1.807) is 0 Å². The van der Waals surface area contributed by atoms with Crippen LogP contribution >= 0.6 is 0 Å². The van der Waals surface area contributed by atoms with Crippen LogP contribution in [0.3, 0.4) is 0 Å². The van der Waals surface area contributed by atoms with Crippen LogP contribution in [0.15, 0.2) is 24.3 Å². The highest BCUT2D eigenvalue weighted by Crippen LogP contribution is 2.15. The summed E-state index contributed by atoms with van der Waals surface area (Å²) in [6, 6.07) is 8.50. The van der Waals surface area contributed by atoms with Gasteiger partial charge in [-0.2, -0.15) is 0 Å². The molecule has 88 valence electrons.